The molecule has 0 heterocycles. The molecule has 2 rings (SSSR count). The standard InChI is InChI=1S/C20H24ClFN2O4S2/c1-14(20(25)23-10-11-29-13-15-6-4-5-7-17(15)22)24(30(3,26)27)18-12-16(21)8-9-19(18)28-2/h4-9,12,14H,10-11,13H2,1-3H3,(H,23,25)/t14-/m1/s1. The minimum absolute atomic E-state index is 0.184. The Morgan fingerprint density at radius 3 is 2.63 bits per heavy atom. The number of nitrogens with zero attached hydrogens (tertiary/aromatic N) is 1. The number of benzene rings is 2. The van der Waals surface area contributed by atoms with E-state index in [9.17, 15) is 17.6 Å². The molecule has 0 fully saturated rings. The van der Waals surface area contributed by atoms with E-state index in [-0.39, 0.29) is 17.3 Å². The zero-order valence-electron chi connectivity index (χ0n) is 16.9. The summed E-state index contributed by atoms with van der Waals surface area (Å²) >= 11 is 7.49. The Morgan fingerprint density at radius 2 is 2.00 bits per heavy atom. The number of carbonyl (C=O) groups is 1. The first-order chi connectivity index (χ1) is 14.1. The van der Waals surface area contributed by atoms with E-state index in [2.05, 4.69) is 5.32 Å². The van der Waals surface area contributed by atoms with Crippen LogP contribution in [-0.2, 0) is 20.6 Å². The number of sulfonamides is 1. The van der Waals surface area contributed by atoms with Crippen molar-refractivity contribution < 1.29 is 22.3 Å². The highest BCUT2D eigenvalue weighted by molar-refractivity contribution is 7.98. The predicted molar refractivity (Wildman–Crippen MR) is 120 cm³/mol. The molecule has 0 saturated heterocycles. The molecule has 1 atom stereocenters. The van der Waals surface area contributed by atoms with Crippen molar-refractivity contribution >= 4 is 45.0 Å². The number of methoxy groups -OCH3 is 1. The second-order valence-corrected chi connectivity index (χ2v) is 9.89. The first-order valence-electron chi connectivity index (χ1n) is 9.07. The first kappa shape index (κ1) is 24.3. The highest BCUT2D eigenvalue weighted by atomic mass is 35.5. The SMILES string of the molecule is COc1ccc(Cl)cc1N([C@H](C)C(=O)NCCSCc1ccccc1F)S(C)(=O)=O. The van der Waals surface area contributed by atoms with Crippen molar-refractivity contribution in [3.63, 3.8) is 0 Å². The van der Waals surface area contributed by atoms with Crippen molar-refractivity contribution in [3.05, 3.63) is 58.9 Å². The van der Waals surface area contributed by atoms with E-state index in [4.69, 9.17) is 16.3 Å². The summed E-state index contributed by atoms with van der Waals surface area (Å²) in [5.41, 5.74) is 0.780. The van der Waals surface area contributed by atoms with Crippen molar-refractivity contribution in [2.24, 2.45) is 0 Å². The smallest absolute Gasteiger partial charge is 0.243 e. The van der Waals surface area contributed by atoms with E-state index in [0.717, 1.165) is 10.6 Å². The van der Waals surface area contributed by atoms with E-state index >= 15 is 0 Å². The molecule has 0 aliphatic heterocycles. The lowest BCUT2D eigenvalue weighted by Crippen LogP contribution is -2.48. The van der Waals surface area contributed by atoms with Gasteiger partial charge in [-0.2, -0.15) is 11.8 Å². The van der Waals surface area contributed by atoms with Crippen molar-refractivity contribution in [3.8, 4) is 5.75 Å². The number of ether oxygens (including phenoxy) is 1. The Balaban J connectivity index is 2.01. The van der Waals surface area contributed by atoms with Crippen LogP contribution in [0.5, 0.6) is 5.75 Å². The molecule has 0 radical (unpaired) electrons. The molecule has 6 nitrogen and oxygen atoms in total. The first-order valence-corrected chi connectivity index (χ1v) is 12.4. The van der Waals surface area contributed by atoms with Crippen molar-refractivity contribution in [2.75, 3.05) is 30.0 Å². The van der Waals surface area contributed by atoms with Gasteiger partial charge < -0.3 is 10.1 Å². The minimum Gasteiger partial charge on any atom is -0.495 e. The molecule has 0 bridgehead atoms. The molecule has 164 valence electrons. The van der Waals surface area contributed by atoms with Gasteiger partial charge in [-0.05, 0) is 36.8 Å². The summed E-state index contributed by atoms with van der Waals surface area (Å²) in [5, 5.41) is 3.04. The Kier molecular flexibility index (Phi) is 8.81. The number of hydrogen-bond acceptors (Lipinski definition) is 5. The topological polar surface area (TPSA) is 75.7 Å². The summed E-state index contributed by atoms with van der Waals surface area (Å²) in [4.78, 5) is 12.6. The number of hydrogen-bond donors (Lipinski definition) is 1. The zero-order valence-corrected chi connectivity index (χ0v) is 19.3. The molecule has 2 aromatic carbocycles. The molecule has 0 aliphatic rings. The van der Waals surface area contributed by atoms with Gasteiger partial charge in [-0.15, -0.1) is 0 Å². The molecule has 2 aromatic rings. The van der Waals surface area contributed by atoms with Crippen LogP contribution >= 0.6 is 23.4 Å². The number of anilines is 1. The number of thioether (sulfide) groups is 1. The third kappa shape index (κ3) is 6.52. The Hall–Kier alpha value is -1.97. The van der Waals surface area contributed by atoms with Crippen LogP contribution in [-0.4, -0.2) is 46.0 Å². The molecule has 1 N–H and O–H groups in total. The van der Waals surface area contributed by atoms with Gasteiger partial charge in [-0.25, -0.2) is 12.8 Å². The molecule has 0 aliphatic carbocycles. The summed E-state index contributed by atoms with van der Waals surface area (Å²) in [6.07, 6.45) is 1.02. The fourth-order valence-corrected chi connectivity index (χ4v) is 4.99. The van der Waals surface area contributed by atoms with Gasteiger partial charge >= 0.3 is 0 Å². The Labute approximate surface area is 185 Å². The van der Waals surface area contributed by atoms with Gasteiger partial charge in [-0.1, -0.05) is 29.8 Å². The third-order valence-electron chi connectivity index (χ3n) is 4.23. The number of nitrogens with one attached hydrogen (secondary N) is 1. The highest BCUT2D eigenvalue weighted by Crippen LogP contribution is 2.34. The van der Waals surface area contributed by atoms with Crippen LogP contribution in [0, 0.1) is 5.82 Å². The van der Waals surface area contributed by atoms with Crippen molar-refractivity contribution in [1.82, 2.24) is 5.32 Å². The van der Waals surface area contributed by atoms with Gasteiger partial charge in [0.2, 0.25) is 15.9 Å². The number of amides is 1. The normalized spacial score (nSPS) is 12.3. The largest absolute Gasteiger partial charge is 0.495 e. The molecule has 0 spiro atoms. The van der Waals surface area contributed by atoms with E-state index in [1.165, 1.54) is 37.9 Å². The van der Waals surface area contributed by atoms with E-state index in [1.54, 1.807) is 30.3 Å². The van der Waals surface area contributed by atoms with Crippen molar-refractivity contribution in [2.45, 2.75) is 18.7 Å². The summed E-state index contributed by atoms with van der Waals surface area (Å²) in [5.74, 6) is 0.583. The maximum Gasteiger partial charge on any atom is 0.243 e. The average Bonchev–Trinajstić information content (AvgIpc) is 2.68. The summed E-state index contributed by atoms with van der Waals surface area (Å²) in [7, 11) is -2.39. The average molecular weight is 475 g/mol. The van der Waals surface area contributed by atoms with Gasteiger partial charge in [0.05, 0.1) is 19.1 Å². The van der Waals surface area contributed by atoms with E-state index in [1.807, 2.05) is 0 Å². The molecule has 1 amide bonds. The second kappa shape index (κ2) is 10.9. The summed E-state index contributed by atoms with van der Waals surface area (Å²) in [6, 6.07) is 10.1. The summed E-state index contributed by atoms with van der Waals surface area (Å²) < 4.78 is 44.7. The lowest BCUT2D eigenvalue weighted by atomic mass is 10.2. The second-order valence-electron chi connectivity index (χ2n) is 6.49. The summed E-state index contributed by atoms with van der Waals surface area (Å²) in [6.45, 7) is 1.80. The van der Waals surface area contributed by atoms with Crippen LogP contribution in [0.25, 0.3) is 0 Å². The maximum absolute atomic E-state index is 13.6. The quantitative estimate of drug-likeness (QED) is 0.531. The van der Waals surface area contributed by atoms with Gasteiger partial charge in [0.1, 0.15) is 17.6 Å². The lowest BCUT2D eigenvalue weighted by molar-refractivity contribution is -0.121. The zero-order chi connectivity index (χ0) is 22.3. The fourth-order valence-electron chi connectivity index (χ4n) is 2.81. The maximum atomic E-state index is 13.6. The van der Waals surface area contributed by atoms with Crippen LogP contribution < -0.4 is 14.4 Å². The fraction of sp³-hybridized carbons (Fsp3) is 0.350. The Bertz CT molecular complexity index is 989. The molecule has 0 aromatic heterocycles. The van der Waals surface area contributed by atoms with Crippen LogP contribution in [0.3, 0.4) is 0 Å². The minimum atomic E-state index is -3.80. The molecular weight excluding hydrogens is 451 g/mol. The van der Waals surface area contributed by atoms with Gasteiger partial charge in [0.25, 0.3) is 0 Å². The van der Waals surface area contributed by atoms with Crippen LogP contribution in [0.2, 0.25) is 5.02 Å². The molecule has 30 heavy (non-hydrogen) atoms. The van der Waals surface area contributed by atoms with E-state index in [0.29, 0.717) is 28.6 Å². The van der Waals surface area contributed by atoms with Gasteiger partial charge in [0.15, 0.2) is 0 Å². The van der Waals surface area contributed by atoms with Gasteiger partial charge in [-0.3, -0.25) is 9.10 Å². The number of halogens is 2. The van der Waals surface area contributed by atoms with Crippen LogP contribution in [0.1, 0.15) is 12.5 Å². The third-order valence-corrected chi connectivity index (χ3v) is 6.70. The number of rotatable bonds is 10. The van der Waals surface area contributed by atoms with Crippen LogP contribution in [0.4, 0.5) is 10.1 Å². The van der Waals surface area contributed by atoms with E-state index < -0.39 is 22.0 Å². The monoisotopic (exact) mass is 474 g/mol. The molecule has 0 unspecified atom stereocenters. The predicted octanol–water partition coefficient (Wildman–Crippen LogP) is 3.69. The molecule has 0 saturated carbocycles. The van der Waals surface area contributed by atoms with Crippen LogP contribution in [0.15, 0.2) is 42.5 Å². The molecular formula is C20H24ClFN2O4S2. The molecule has 10 heteroatoms. The Morgan fingerprint density at radius 1 is 1.30 bits per heavy atom. The number of carbonyl (C=O) groups excluding carboxylic acids is 1. The van der Waals surface area contributed by atoms with Gasteiger partial charge in [0, 0.05) is 23.1 Å². The lowest BCUT2D eigenvalue weighted by Gasteiger charge is -2.29. The highest BCUT2D eigenvalue weighted by Gasteiger charge is 2.31. The van der Waals surface area contributed by atoms with Crippen molar-refractivity contribution in [1.29, 1.82) is 0 Å².